The van der Waals surface area contributed by atoms with Gasteiger partial charge in [-0.2, -0.15) is 0 Å². The minimum atomic E-state index is -0.933. The summed E-state index contributed by atoms with van der Waals surface area (Å²) >= 11 is 0. The van der Waals surface area contributed by atoms with Crippen LogP contribution in [0.4, 0.5) is 0 Å². The second kappa shape index (κ2) is 13.4. The van der Waals surface area contributed by atoms with E-state index in [1.54, 1.807) is 0 Å². The lowest BCUT2D eigenvalue weighted by Crippen LogP contribution is -2.29. The molecule has 6 nitrogen and oxygen atoms in total. The zero-order valence-corrected chi connectivity index (χ0v) is 14.2. The molecule has 0 aromatic rings. The zero-order chi connectivity index (χ0) is 16.8. The number of hydrogen-bond acceptors (Lipinski definition) is 5. The Kier molecular flexibility index (Phi) is 12.6. The van der Waals surface area contributed by atoms with Gasteiger partial charge in [-0.1, -0.05) is 32.6 Å². The summed E-state index contributed by atoms with van der Waals surface area (Å²) in [4.78, 5) is 14.7. The molecule has 0 aromatic carbocycles. The predicted octanol–water partition coefficient (Wildman–Crippen LogP) is 1.77. The molecule has 5 N–H and O–H groups in total. The van der Waals surface area contributed by atoms with E-state index in [1.165, 1.54) is 32.2 Å². The third kappa shape index (κ3) is 11.4. The Balaban J connectivity index is 0.000000409. The van der Waals surface area contributed by atoms with E-state index in [0.29, 0.717) is 13.0 Å². The Hall–Kier alpha value is -1.27. The third-order valence-electron chi connectivity index (χ3n) is 3.52. The zero-order valence-electron chi connectivity index (χ0n) is 14.2. The first-order chi connectivity index (χ1) is 10.5. The molecule has 130 valence electrons. The summed E-state index contributed by atoms with van der Waals surface area (Å²) < 4.78 is 0. The van der Waals surface area contributed by atoms with Crippen LogP contribution in [-0.4, -0.2) is 53.7 Å². The summed E-state index contributed by atoms with van der Waals surface area (Å²) in [5.41, 5.74) is 10.4. The van der Waals surface area contributed by atoms with Gasteiger partial charge in [0.05, 0.1) is 6.67 Å². The van der Waals surface area contributed by atoms with Crippen molar-refractivity contribution in [1.82, 2.24) is 9.80 Å². The molecule has 22 heavy (non-hydrogen) atoms. The lowest BCUT2D eigenvalue weighted by molar-refractivity contribution is -0.138. The van der Waals surface area contributed by atoms with Crippen LogP contribution in [0.1, 0.15) is 51.9 Å². The molecule has 0 fully saturated rings. The van der Waals surface area contributed by atoms with Gasteiger partial charge in [-0.3, -0.25) is 4.79 Å². The summed E-state index contributed by atoms with van der Waals surface area (Å²) in [7, 11) is 2.11. The van der Waals surface area contributed by atoms with Crippen LogP contribution in [-0.2, 0) is 4.79 Å². The Morgan fingerprint density at radius 1 is 1.23 bits per heavy atom. The molecule has 0 saturated heterocycles. The van der Waals surface area contributed by atoms with Crippen molar-refractivity contribution in [3.63, 3.8) is 0 Å². The second-order valence-corrected chi connectivity index (χ2v) is 5.80. The van der Waals surface area contributed by atoms with Gasteiger partial charge < -0.3 is 26.4 Å². The van der Waals surface area contributed by atoms with E-state index in [4.69, 9.17) is 16.6 Å². The Bertz CT molecular complexity index is 311. The van der Waals surface area contributed by atoms with Gasteiger partial charge in [0.25, 0.3) is 0 Å². The lowest BCUT2D eigenvalue weighted by atomic mass is 10.1. The van der Waals surface area contributed by atoms with Crippen molar-refractivity contribution in [2.45, 2.75) is 57.9 Å². The average molecular weight is 314 g/mol. The molecule has 1 heterocycles. The van der Waals surface area contributed by atoms with Crippen LogP contribution in [0, 0.1) is 0 Å². The van der Waals surface area contributed by atoms with Gasteiger partial charge in [0.1, 0.15) is 6.04 Å². The van der Waals surface area contributed by atoms with Gasteiger partial charge in [0.2, 0.25) is 0 Å². The number of aliphatic carboxylic acids is 1. The summed E-state index contributed by atoms with van der Waals surface area (Å²) in [6.07, 6.45) is 11.9. The molecule has 1 aliphatic rings. The van der Waals surface area contributed by atoms with Crippen molar-refractivity contribution >= 4 is 5.97 Å². The summed E-state index contributed by atoms with van der Waals surface area (Å²) in [6.45, 7) is 5.16. The van der Waals surface area contributed by atoms with Crippen LogP contribution in [0.3, 0.4) is 0 Å². The van der Waals surface area contributed by atoms with E-state index < -0.39 is 12.0 Å². The number of carboxylic acid groups (broad SMARTS) is 1. The van der Waals surface area contributed by atoms with Crippen molar-refractivity contribution in [2.75, 3.05) is 26.8 Å². The van der Waals surface area contributed by atoms with Crippen molar-refractivity contribution in [3.05, 3.63) is 12.4 Å². The maximum atomic E-state index is 10.1. The largest absolute Gasteiger partial charge is 0.480 e. The number of unbranched alkanes of at least 4 members (excludes halogenated alkanes) is 4. The Labute approximate surface area is 135 Å². The molecule has 0 spiro atoms. The molecular formula is C16H34N4O2. The van der Waals surface area contributed by atoms with Crippen LogP contribution < -0.4 is 11.5 Å². The summed E-state index contributed by atoms with van der Waals surface area (Å²) in [5.74, 6) is -0.933. The smallest absolute Gasteiger partial charge is 0.320 e. The molecular weight excluding hydrogens is 280 g/mol. The minimum Gasteiger partial charge on any atom is -0.480 e. The first kappa shape index (κ1) is 20.7. The number of nitrogens with two attached hydrogens (primary N) is 2. The van der Waals surface area contributed by atoms with Crippen molar-refractivity contribution in [3.8, 4) is 0 Å². The maximum Gasteiger partial charge on any atom is 0.320 e. The molecule has 6 heteroatoms. The van der Waals surface area contributed by atoms with Crippen molar-refractivity contribution in [2.24, 2.45) is 11.5 Å². The fourth-order valence-corrected chi connectivity index (χ4v) is 2.11. The molecule has 0 saturated carbocycles. The number of rotatable bonds is 10. The topological polar surface area (TPSA) is 95.8 Å². The van der Waals surface area contributed by atoms with Crippen molar-refractivity contribution in [1.29, 1.82) is 0 Å². The van der Waals surface area contributed by atoms with Gasteiger partial charge in [-0.15, -0.1) is 0 Å². The van der Waals surface area contributed by atoms with Crippen LogP contribution in [0.5, 0.6) is 0 Å². The van der Waals surface area contributed by atoms with E-state index in [0.717, 1.165) is 19.5 Å². The number of nitrogens with zero attached hydrogens (tertiary/aromatic N) is 2. The number of carbonyl (C=O) groups is 1. The first-order valence-corrected chi connectivity index (χ1v) is 8.32. The molecule has 0 aromatic heterocycles. The molecule has 1 aliphatic heterocycles. The van der Waals surface area contributed by atoms with E-state index in [2.05, 4.69) is 36.2 Å². The van der Waals surface area contributed by atoms with Gasteiger partial charge >= 0.3 is 5.97 Å². The van der Waals surface area contributed by atoms with E-state index in [1.807, 2.05) is 0 Å². The third-order valence-corrected chi connectivity index (χ3v) is 3.52. The highest BCUT2D eigenvalue weighted by Crippen LogP contribution is 2.06. The van der Waals surface area contributed by atoms with Crippen LogP contribution >= 0.6 is 0 Å². The van der Waals surface area contributed by atoms with Crippen LogP contribution in [0.25, 0.3) is 0 Å². The van der Waals surface area contributed by atoms with Gasteiger partial charge in [-0.05, 0) is 25.8 Å². The Morgan fingerprint density at radius 2 is 1.95 bits per heavy atom. The minimum absolute atomic E-state index is 0.520. The highest BCUT2D eigenvalue weighted by molar-refractivity contribution is 5.72. The van der Waals surface area contributed by atoms with Gasteiger partial charge in [0, 0.05) is 26.0 Å². The second-order valence-electron chi connectivity index (χ2n) is 5.80. The highest BCUT2D eigenvalue weighted by Gasteiger charge is 2.09. The SMILES string of the molecule is CCCCCCN1C=CN(C)C1.NCCCCC(N)C(=O)O. The monoisotopic (exact) mass is 314 g/mol. The molecule has 0 aliphatic carbocycles. The van der Waals surface area contributed by atoms with Gasteiger partial charge in [-0.25, -0.2) is 0 Å². The van der Waals surface area contributed by atoms with Crippen molar-refractivity contribution < 1.29 is 9.90 Å². The maximum absolute atomic E-state index is 10.1. The average Bonchev–Trinajstić information content (AvgIpc) is 2.90. The molecule has 0 amide bonds. The molecule has 0 radical (unpaired) electrons. The van der Waals surface area contributed by atoms with Gasteiger partial charge in [0.15, 0.2) is 0 Å². The van der Waals surface area contributed by atoms with E-state index in [9.17, 15) is 4.79 Å². The fraction of sp³-hybridized carbons (Fsp3) is 0.812. The van der Waals surface area contributed by atoms with Crippen LogP contribution in [0.15, 0.2) is 12.4 Å². The molecule has 0 bridgehead atoms. The quantitative estimate of drug-likeness (QED) is 0.532. The molecule has 1 atom stereocenters. The molecule has 1 unspecified atom stereocenters. The number of carboxylic acids is 1. The standard InChI is InChI=1S/C10H20N2.C6H14N2O2/c1-3-4-5-6-7-12-9-8-11(2)10-12;7-4-2-1-3-5(8)6(9)10/h8-9H,3-7,10H2,1-2H3;5H,1-4,7-8H2,(H,9,10). The lowest BCUT2D eigenvalue weighted by Gasteiger charge is -2.17. The molecule has 1 rings (SSSR count). The normalized spacial score (nSPS) is 14.7. The summed E-state index contributed by atoms with van der Waals surface area (Å²) in [5, 5.41) is 8.33. The summed E-state index contributed by atoms with van der Waals surface area (Å²) in [6, 6.07) is -0.716. The first-order valence-electron chi connectivity index (χ1n) is 8.32. The fourth-order valence-electron chi connectivity index (χ4n) is 2.11. The van der Waals surface area contributed by atoms with Crippen LogP contribution in [0.2, 0.25) is 0 Å². The van der Waals surface area contributed by atoms with E-state index in [-0.39, 0.29) is 0 Å². The predicted molar refractivity (Wildman–Crippen MR) is 91.1 cm³/mol. The highest BCUT2D eigenvalue weighted by atomic mass is 16.4. The Morgan fingerprint density at radius 3 is 2.45 bits per heavy atom. The van der Waals surface area contributed by atoms with E-state index >= 15 is 0 Å². The number of hydrogen-bond donors (Lipinski definition) is 3.